The van der Waals surface area contributed by atoms with Gasteiger partial charge in [0.1, 0.15) is 0 Å². The lowest BCUT2D eigenvalue weighted by Crippen LogP contribution is -2.26. The van der Waals surface area contributed by atoms with E-state index in [2.05, 4.69) is 34.8 Å². The van der Waals surface area contributed by atoms with Crippen molar-refractivity contribution in [3.05, 3.63) is 11.9 Å². The first-order chi connectivity index (χ1) is 8.74. The van der Waals surface area contributed by atoms with Crippen LogP contribution in [0.2, 0.25) is 0 Å². The summed E-state index contributed by atoms with van der Waals surface area (Å²) in [6, 6.07) is 0. The Morgan fingerprint density at radius 2 is 2.33 bits per heavy atom. The molecule has 1 saturated heterocycles. The summed E-state index contributed by atoms with van der Waals surface area (Å²) >= 11 is 0. The molecule has 0 aliphatic carbocycles. The largest absolute Gasteiger partial charge is 0.342 e. The number of anilines is 1. The van der Waals surface area contributed by atoms with E-state index < -0.39 is 0 Å². The molecule has 1 aromatic rings. The van der Waals surface area contributed by atoms with E-state index in [9.17, 15) is 0 Å². The third kappa shape index (κ3) is 3.05. The van der Waals surface area contributed by atoms with Crippen molar-refractivity contribution >= 4 is 5.95 Å². The van der Waals surface area contributed by atoms with Crippen LogP contribution in [-0.4, -0.2) is 36.2 Å². The van der Waals surface area contributed by atoms with Crippen molar-refractivity contribution in [1.29, 1.82) is 0 Å². The molecule has 0 aromatic carbocycles. The zero-order valence-electron chi connectivity index (χ0n) is 11.9. The molecular formula is C14H26N4. The van der Waals surface area contributed by atoms with Gasteiger partial charge in [0.25, 0.3) is 0 Å². The van der Waals surface area contributed by atoms with Crippen LogP contribution in [0.1, 0.15) is 31.9 Å². The number of rotatable bonds is 6. The highest BCUT2D eigenvalue weighted by atomic mass is 15.3. The predicted molar refractivity (Wildman–Crippen MR) is 76.1 cm³/mol. The molecule has 0 bridgehead atoms. The minimum absolute atomic E-state index is 0.770. The Kier molecular flexibility index (Phi) is 4.64. The highest BCUT2D eigenvalue weighted by Gasteiger charge is 2.25. The average Bonchev–Trinajstić information content (AvgIpc) is 2.93. The van der Waals surface area contributed by atoms with E-state index in [4.69, 9.17) is 4.98 Å². The molecule has 2 heterocycles. The highest BCUT2D eigenvalue weighted by Crippen LogP contribution is 2.23. The molecule has 1 aromatic heterocycles. The first-order valence-corrected chi connectivity index (χ1v) is 7.18. The summed E-state index contributed by atoms with van der Waals surface area (Å²) in [5.74, 6) is 1.95. The van der Waals surface area contributed by atoms with Crippen LogP contribution in [0.4, 0.5) is 5.95 Å². The summed E-state index contributed by atoms with van der Waals surface area (Å²) < 4.78 is 2.33. The monoisotopic (exact) mass is 250 g/mol. The summed E-state index contributed by atoms with van der Waals surface area (Å²) in [6.45, 7) is 8.83. The number of nitrogens with one attached hydrogen (secondary N) is 1. The molecule has 0 amide bonds. The van der Waals surface area contributed by atoms with Crippen LogP contribution in [0.25, 0.3) is 0 Å². The van der Waals surface area contributed by atoms with Crippen LogP contribution in [-0.2, 0) is 6.54 Å². The molecule has 1 atom stereocenters. The second-order valence-corrected chi connectivity index (χ2v) is 5.39. The normalized spacial score (nSPS) is 19.7. The molecule has 18 heavy (non-hydrogen) atoms. The number of unbranched alkanes of at least 4 members (excludes halogenated alkanes) is 1. The van der Waals surface area contributed by atoms with Crippen LogP contribution in [0.15, 0.2) is 6.20 Å². The smallest absolute Gasteiger partial charge is 0.205 e. The second kappa shape index (κ2) is 6.23. The van der Waals surface area contributed by atoms with Crippen molar-refractivity contribution in [1.82, 2.24) is 14.9 Å². The molecule has 4 nitrogen and oxygen atoms in total. The van der Waals surface area contributed by atoms with Gasteiger partial charge in [-0.25, -0.2) is 4.98 Å². The summed E-state index contributed by atoms with van der Waals surface area (Å²) in [5, 5.41) is 3.28. The lowest BCUT2D eigenvalue weighted by molar-refractivity contribution is 0.546. The van der Waals surface area contributed by atoms with Gasteiger partial charge in [0, 0.05) is 25.8 Å². The van der Waals surface area contributed by atoms with Gasteiger partial charge in [-0.15, -0.1) is 0 Å². The maximum absolute atomic E-state index is 4.71. The fourth-order valence-electron chi connectivity index (χ4n) is 2.75. The van der Waals surface area contributed by atoms with E-state index in [1.165, 1.54) is 25.2 Å². The minimum Gasteiger partial charge on any atom is -0.342 e. The van der Waals surface area contributed by atoms with Crippen LogP contribution in [0, 0.1) is 12.8 Å². The maximum Gasteiger partial charge on any atom is 0.205 e. The minimum atomic E-state index is 0.770. The molecule has 1 aliphatic heterocycles. The number of hydrogen-bond donors (Lipinski definition) is 1. The molecule has 0 spiro atoms. The quantitative estimate of drug-likeness (QED) is 0.838. The predicted octanol–water partition coefficient (Wildman–Crippen LogP) is 2.04. The van der Waals surface area contributed by atoms with Crippen LogP contribution in [0.5, 0.6) is 0 Å². The lowest BCUT2D eigenvalue weighted by Gasteiger charge is -2.19. The Morgan fingerprint density at radius 3 is 3.06 bits per heavy atom. The SMILES string of the molecule is CCCCn1cc(C)nc1N1CCC(CNC)C1. The molecule has 4 heteroatoms. The van der Waals surface area contributed by atoms with Crippen LogP contribution >= 0.6 is 0 Å². The Balaban J connectivity index is 2.03. The third-order valence-electron chi connectivity index (χ3n) is 3.69. The Labute approximate surface area is 110 Å². The number of nitrogens with zero attached hydrogens (tertiary/aromatic N) is 3. The van der Waals surface area contributed by atoms with Gasteiger partial charge in [0.2, 0.25) is 5.95 Å². The number of imidazole rings is 1. The van der Waals surface area contributed by atoms with Gasteiger partial charge in [-0.3, -0.25) is 0 Å². The topological polar surface area (TPSA) is 33.1 Å². The van der Waals surface area contributed by atoms with E-state index in [1.807, 2.05) is 7.05 Å². The van der Waals surface area contributed by atoms with Crippen LogP contribution in [0.3, 0.4) is 0 Å². The van der Waals surface area contributed by atoms with Gasteiger partial charge >= 0.3 is 0 Å². The maximum atomic E-state index is 4.71. The molecule has 2 rings (SSSR count). The molecule has 1 N–H and O–H groups in total. The van der Waals surface area contributed by atoms with Crippen molar-refractivity contribution in [2.75, 3.05) is 31.6 Å². The van der Waals surface area contributed by atoms with E-state index >= 15 is 0 Å². The molecule has 102 valence electrons. The average molecular weight is 250 g/mol. The fraction of sp³-hybridized carbons (Fsp3) is 0.786. The van der Waals surface area contributed by atoms with Crippen molar-refractivity contribution in [2.24, 2.45) is 5.92 Å². The van der Waals surface area contributed by atoms with Crippen LogP contribution < -0.4 is 10.2 Å². The van der Waals surface area contributed by atoms with E-state index in [0.29, 0.717) is 0 Å². The van der Waals surface area contributed by atoms with Gasteiger partial charge in [0.05, 0.1) is 5.69 Å². The second-order valence-electron chi connectivity index (χ2n) is 5.39. The fourth-order valence-corrected chi connectivity index (χ4v) is 2.75. The number of aryl methyl sites for hydroxylation is 2. The Bertz CT molecular complexity index is 372. The first kappa shape index (κ1) is 13.4. The molecular weight excluding hydrogens is 224 g/mol. The van der Waals surface area contributed by atoms with Crippen molar-refractivity contribution in [3.63, 3.8) is 0 Å². The van der Waals surface area contributed by atoms with Crippen molar-refractivity contribution < 1.29 is 0 Å². The first-order valence-electron chi connectivity index (χ1n) is 7.18. The Morgan fingerprint density at radius 1 is 1.50 bits per heavy atom. The summed E-state index contributed by atoms with van der Waals surface area (Å²) in [7, 11) is 2.04. The van der Waals surface area contributed by atoms with Gasteiger partial charge in [-0.05, 0) is 39.3 Å². The highest BCUT2D eigenvalue weighted by molar-refractivity contribution is 5.35. The molecule has 1 aliphatic rings. The standard InChI is InChI=1S/C14H26N4/c1-4-5-7-17-10-12(2)16-14(17)18-8-6-13(11-18)9-15-3/h10,13,15H,4-9,11H2,1-3H3. The zero-order chi connectivity index (χ0) is 13.0. The lowest BCUT2D eigenvalue weighted by atomic mass is 10.1. The van der Waals surface area contributed by atoms with Crippen molar-refractivity contribution in [2.45, 2.75) is 39.7 Å². The van der Waals surface area contributed by atoms with E-state index in [0.717, 1.165) is 37.8 Å². The van der Waals surface area contributed by atoms with E-state index in [-0.39, 0.29) is 0 Å². The van der Waals surface area contributed by atoms with E-state index in [1.54, 1.807) is 0 Å². The molecule has 0 radical (unpaired) electrons. The van der Waals surface area contributed by atoms with Crippen molar-refractivity contribution in [3.8, 4) is 0 Å². The summed E-state index contributed by atoms with van der Waals surface area (Å²) in [6.07, 6.45) is 5.94. The summed E-state index contributed by atoms with van der Waals surface area (Å²) in [4.78, 5) is 7.16. The molecule has 1 fully saturated rings. The van der Waals surface area contributed by atoms with Gasteiger partial charge in [-0.2, -0.15) is 0 Å². The van der Waals surface area contributed by atoms with Gasteiger partial charge in [-0.1, -0.05) is 13.3 Å². The summed E-state index contributed by atoms with van der Waals surface area (Å²) in [5.41, 5.74) is 1.14. The molecule has 1 unspecified atom stereocenters. The van der Waals surface area contributed by atoms with Gasteiger partial charge in [0.15, 0.2) is 0 Å². The number of hydrogen-bond acceptors (Lipinski definition) is 3. The Hall–Kier alpha value is -1.03. The molecule has 0 saturated carbocycles. The number of aromatic nitrogens is 2. The van der Waals surface area contributed by atoms with Gasteiger partial charge < -0.3 is 14.8 Å². The zero-order valence-corrected chi connectivity index (χ0v) is 11.9. The third-order valence-corrected chi connectivity index (χ3v) is 3.69.